The number of nitrogens with two attached hydrogens (primary N) is 1. The molecule has 0 aliphatic heterocycles. The van der Waals surface area contributed by atoms with Crippen LogP contribution in [0, 0.1) is 17.2 Å². The van der Waals surface area contributed by atoms with Gasteiger partial charge in [-0.05, 0) is 31.4 Å². The molecule has 2 bridgehead atoms. The van der Waals surface area contributed by atoms with Gasteiger partial charge in [0.15, 0.2) is 18.5 Å². The number of benzene rings is 1. The molecule has 5 rings (SSSR count). The summed E-state index contributed by atoms with van der Waals surface area (Å²) in [5, 5.41) is 2.84. The largest absolute Gasteiger partial charge is 0.492 e. The van der Waals surface area contributed by atoms with E-state index in [9.17, 15) is 18.4 Å². The van der Waals surface area contributed by atoms with Crippen molar-refractivity contribution in [3.8, 4) is 17.2 Å². The van der Waals surface area contributed by atoms with E-state index < -0.39 is 34.7 Å². The molecule has 2 amide bonds. The number of nitrogens with one attached hydrogen (secondary N) is 1. The Morgan fingerprint density at radius 3 is 2.59 bits per heavy atom. The Morgan fingerprint density at radius 1 is 1.25 bits per heavy atom. The minimum absolute atomic E-state index is 0.0581. The molecule has 1 aromatic heterocycles. The SMILES string of the molecule is COc1cc(OCC(=O)NC23CC(C(Oc4ccc(Cl)c(F)c4)C(N)=O)(C2)C3)cnc1F. The number of rotatable bonds is 9. The number of ether oxygens (including phenoxy) is 3. The molecule has 0 spiro atoms. The third kappa shape index (κ3) is 4.02. The van der Waals surface area contributed by atoms with Crippen LogP contribution in [0.2, 0.25) is 5.02 Å². The predicted molar refractivity (Wildman–Crippen MR) is 108 cm³/mol. The first-order valence-corrected chi connectivity index (χ1v) is 10.1. The maximum Gasteiger partial charge on any atom is 0.259 e. The second-order valence-electron chi connectivity index (χ2n) is 8.15. The zero-order valence-electron chi connectivity index (χ0n) is 17.0. The van der Waals surface area contributed by atoms with Gasteiger partial charge < -0.3 is 25.3 Å². The van der Waals surface area contributed by atoms with E-state index >= 15 is 0 Å². The van der Waals surface area contributed by atoms with Gasteiger partial charge in [-0.15, -0.1) is 0 Å². The monoisotopic (exact) mass is 467 g/mol. The highest BCUT2D eigenvalue weighted by molar-refractivity contribution is 6.30. The Balaban J connectivity index is 1.31. The Morgan fingerprint density at radius 2 is 1.97 bits per heavy atom. The van der Waals surface area contributed by atoms with Gasteiger partial charge in [-0.2, -0.15) is 4.39 Å². The fraction of sp³-hybridized carbons (Fsp3) is 0.381. The Labute approximate surface area is 187 Å². The van der Waals surface area contributed by atoms with Crippen molar-refractivity contribution in [2.45, 2.75) is 30.9 Å². The first-order valence-electron chi connectivity index (χ1n) is 9.70. The minimum atomic E-state index is -0.962. The standard InChI is InChI=1S/C21H20ClF2N3O5/c1-30-15-5-12(6-26-18(15)24)31-7-16(28)27-21-8-20(9-21,10-21)17(19(25)29)32-11-2-3-13(22)14(23)4-11/h2-6,17H,7-10H2,1H3,(H2,25,29)(H,27,28). The Hall–Kier alpha value is -3.14. The van der Waals surface area contributed by atoms with Crippen molar-refractivity contribution in [1.82, 2.24) is 10.3 Å². The normalized spacial score (nSPS) is 23.9. The Bertz CT molecular complexity index is 1060. The number of primary amides is 1. The van der Waals surface area contributed by atoms with E-state index in [-0.39, 0.29) is 34.8 Å². The van der Waals surface area contributed by atoms with Crippen molar-refractivity contribution < 1.29 is 32.6 Å². The second kappa shape index (κ2) is 8.09. The third-order valence-electron chi connectivity index (χ3n) is 5.81. The number of carbonyl (C=O) groups excluding carboxylic acids is 2. The van der Waals surface area contributed by atoms with Gasteiger partial charge in [-0.3, -0.25) is 9.59 Å². The van der Waals surface area contributed by atoms with Crippen molar-refractivity contribution >= 4 is 23.4 Å². The average molecular weight is 468 g/mol. The molecule has 1 atom stereocenters. The van der Waals surface area contributed by atoms with Crippen LogP contribution in [0.1, 0.15) is 19.3 Å². The van der Waals surface area contributed by atoms with Crippen LogP contribution >= 0.6 is 11.6 Å². The summed E-state index contributed by atoms with van der Waals surface area (Å²) in [6.45, 7) is -0.301. The molecule has 11 heteroatoms. The van der Waals surface area contributed by atoms with Crippen molar-refractivity contribution in [3.05, 3.63) is 47.2 Å². The number of carbonyl (C=O) groups is 2. The summed E-state index contributed by atoms with van der Waals surface area (Å²) in [5.74, 6) is -2.25. The molecule has 170 valence electrons. The van der Waals surface area contributed by atoms with E-state index in [1.807, 2.05) is 0 Å². The van der Waals surface area contributed by atoms with E-state index in [1.165, 1.54) is 25.3 Å². The summed E-state index contributed by atoms with van der Waals surface area (Å²) < 4.78 is 42.9. The van der Waals surface area contributed by atoms with Crippen LogP contribution in [0.4, 0.5) is 8.78 Å². The molecule has 3 N–H and O–H groups in total. The van der Waals surface area contributed by atoms with Crippen molar-refractivity contribution in [2.75, 3.05) is 13.7 Å². The van der Waals surface area contributed by atoms with E-state index in [4.69, 9.17) is 31.5 Å². The number of methoxy groups -OCH3 is 1. The van der Waals surface area contributed by atoms with Gasteiger partial charge in [0.05, 0.1) is 18.3 Å². The molecule has 32 heavy (non-hydrogen) atoms. The topological polar surface area (TPSA) is 113 Å². The number of aromatic nitrogens is 1. The zero-order chi connectivity index (χ0) is 23.1. The van der Waals surface area contributed by atoms with Crippen LogP contribution in [-0.4, -0.2) is 42.2 Å². The molecule has 3 aliphatic rings. The highest BCUT2D eigenvalue weighted by Crippen LogP contribution is 2.69. The number of pyridine rings is 1. The molecule has 3 saturated carbocycles. The van der Waals surface area contributed by atoms with Gasteiger partial charge in [0.25, 0.3) is 17.8 Å². The fourth-order valence-electron chi connectivity index (χ4n) is 4.56. The van der Waals surface area contributed by atoms with Crippen LogP contribution in [0.25, 0.3) is 0 Å². The van der Waals surface area contributed by atoms with Gasteiger partial charge in [0, 0.05) is 23.1 Å². The average Bonchev–Trinajstić information content (AvgIpc) is 2.70. The van der Waals surface area contributed by atoms with E-state index in [1.54, 1.807) is 0 Å². The smallest absolute Gasteiger partial charge is 0.259 e. The minimum Gasteiger partial charge on any atom is -0.492 e. The maximum absolute atomic E-state index is 13.7. The molecule has 3 aliphatic carbocycles. The first-order chi connectivity index (χ1) is 15.2. The summed E-state index contributed by atoms with van der Waals surface area (Å²) in [5.41, 5.74) is 4.54. The highest BCUT2D eigenvalue weighted by atomic mass is 35.5. The summed E-state index contributed by atoms with van der Waals surface area (Å²) in [6, 6.07) is 5.18. The highest BCUT2D eigenvalue weighted by Gasteiger charge is 2.73. The molecule has 0 radical (unpaired) electrons. The fourth-order valence-corrected chi connectivity index (χ4v) is 4.68. The zero-order valence-corrected chi connectivity index (χ0v) is 17.7. The molecule has 1 heterocycles. The van der Waals surface area contributed by atoms with Gasteiger partial charge in [-0.1, -0.05) is 11.6 Å². The molecule has 1 aromatic carbocycles. The molecular weight excluding hydrogens is 448 g/mol. The summed E-state index contributed by atoms with van der Waals surface area (Å²) >= 11 is 5.67. The van der Waals surface area contributed by atoms with Crippen LogP contribution in [0.3, 0.4) is 0 Å². The van der Waals surface area contributed by atoms with E-state index in [2.05, 4.69) is 10.3 Å². The predicted octanol–water partition coefficient (Wildman–Crippen LogP) is 2.37. The van der Waals surface area contributed by atoms with Crippen LogP contribution in [-0.2, 0) is 9.59 Å². The summed E-state index contributed by atoms with van der Waals surface area (Å²) in [4.78, 5) is 27.8. The van der Waals surface area contributed by atoms with Crippen molar-refractivity contribution in [2.24, 2.45) is 11.1 Å². The second-order valence-corrected chi connectivity index (χ2v) is 8.56. The van der Waals surface area contributed by atoms with Crippen molar-refractivity contribution in [1.29, 1.82) is 0 Å². The lowest BCUT2D eigenvalue weighted by atomic mass is 9.37. The van der Waals surface area contributed by atoms with Crippen LogP contribution in [0.15, 0.2) is 30.5 Å². The van der Waals surface area contributed by atoms with Crippen molar-refractivity contribution in [3.63, 3.8) is 0 Å². The molecule has 0 saturated heterocycles. The molecule has 1 unspecified atom stereocenters. The maximum atomic E-state index is 13.7. The van der Waals surface area contributed by atoms with Crippen LogP contribution in [0.5, 0.6) is 17.2 Å². The van der Waals surface area contributed by atoms with Gasteiger partial charge in [-0.25, -0.2) is 9.37 Å². The Kier molecular flexibility index (Phi) is 5.58. The molecular formula is C21H20ClF2N3O5. The van der Waals surface area contributed by atoms with E-state index in [0.717, 1.165) is 12.3 Å². The number of nitrogens with zero attached hydrogens (tertiary/aromatic N) is 1. The van der Waals surface area contributed by atoms with Crippen LogP contribution < -0.4 is 25.3 Å². The number of halogens is 3. The van der Waals surface area contributed by atoms with E-state index in [0.29, 0.717) is 19.3 Å². The quantitative estimate of drug-likeness (QED) is 0.547. The van der Waals surface area contributed by atoms with Gasteiger partial charge >= 0.3 is 0 Å². The molecule has 2 aromatic rings. The lowest BCUT2D eigenvalue weighted by molar-refractivity contribution is -0.208. The number of hydrogen-bond acceptors (Lipinski definition) is 6. The summed E-state index contributed by atoms with van der Waals surface area (Å²) in [6.07, 6.45) is 1.65. The number of amides is 2. The summed E-state index contributed by atoms with van der Waals surface area (Å²) in [7, 11) is 1.29. The van der Waals surface area contributed by atoms with Gasteiger partial charge in [0.2, 0.25) is 0 Å². The molecule has 3 fully saturated rings. The third-order valence-corrected chi connectivity index (χ3v) is 6.11. The first kappa shape index (κ1) is 22.1. The molecule has 8 nitrogen and oxygen atoms in total. The lowest BCUT2D eigenvalue weighted by Gasteiger charge is -2.71. The number of hydrogen-bond donors (Lipinski definition) is 2. The van der Waals surface area contributed by atoms with Gasteiger partial charge in [0.1, 0.15) is 17.3 Å². The lowest BCUT2D eigenvalue weighted by Crippen LogP contribution is -2.80.